The summed E-state index contributed by atoms with van der Waals surface area (Å²) in [5, 5.41) is 8.61. The van der Waals surface area contributed by atoms with Crippen molar-refractivity contribution < 1.29 is 27.1 Å². The second kappa shape index (κ2) is 4.56. The monoisotopic (exact) mass is 250 g/mol. The van der Waals surface area contributed by atoms with E-state index in [0.29, 0.717) is 0 Å². The Bertz CT molecular complexity index is 496. The molecule has 7 heteroatoms. The van der Waals surface area contributed by atoms with Crippen molar-refractivity contribution in [1.82, 2.24) is 0 Å². The smallest absolute Gasteiger partial charge is 0.335 e. The van der Waals surface area contributed by atoms with E-state index < -0.39 is 32.9 Å². The van der Waals surface area contributed by atoms with Gasteiger partial charge in [0.15, 0.2) is 9.84 Å². The molecule has 4 nitrogen and oxygen atoms in total. The number of rotatable bonds is 4. The highest BCUT2D eigenvalue weighted by atomic mass is 32.2. The molecule has 0 unspecified atom stereocenters. The van der Waals surface area contributed by atoms with Crippen LogP contribution < -0.4 is 0 Å². The summed E-state index contributed by atoms with van der Waals surface area (Å²) in [6, 6.07) is 4.33. The van der Waals surface area contributed by atoms with Crippen molar-refractivity contribution in [3.05, 3.63) is 29.8 Å². The lowest BCUT2D eigenvalue weighted by atomic mass is 10.2. The van der Waals surface area contributed by atoms with E-state index in [9.17, 15) is 22.0 Å². The fourth-order valence-corrected chi connectivity index (χ4v) is 2.20. The maximum absolute atomic E-state index is 12.0. The highest BCUT2D eigenvalue weighted by Gasteiger charge is 2.21. The maximum atomic E-state index is 12.0. The molecule has 0 saturated heterocycles. The molecule has 0 fully saturated rings. The number of carboxylic acid groups (broad SMARTS) is 1. The van der Waals surface area contributed by atoms with Gasteiger partial charge in [-0.2, -0.15) is 0 Å². The van der Waals surface area contributed by atoms with Crippen LogP contribution in [0.1, 0.15) is 10.4 Å². The van der Waals surface area contributed by atoms with Crippen LogP contribution in [0, 0.1) is 0 Å². The number of carboxylic acids is 1. The summed E-state index contributed by atoms with van der Waals surface area (Å²) in [5.41, 5.74) is -0.254. The number of carbonyl (C=O) groups is 1. The zero-order valence-electron chi connectivity index (χ0n) is 7.93. The highest BCUT2D eigenvalue weighted by Crippen LogP contribution is 2.15. The second-order valence-electron chi connectivity index (χ2n) is 3.01. The fourth-order valence-electron chi connectivity index (χ4n) is 1.08. The summed E-state index contributed by atoms with van der Waals surface area (Å²) in [5.74, 6) is -2.62. The van der Waals surface area contributed by atoms with E-state index in [1.165, 1.54) is 12.1 Å². The zero-order chi connectivity index (χ0) is 12.3. The topological polar surface area (TPSA) is 71.4 Å². The average Bonchev–Trinajstić information content (AvgIpc) is 2.16. The normalized spacial score (nSPS) is 11.7. The van der Waals surface area contributed by atoms with Crippen molar-refractivity contribution >= 4 is 15.8 Å². The predicted octanol–water partition coefficient (Wildman–Crippen LogP) is 1.42. The van der Waals surface area contributed by atoms with E-state index in [0.717, 1.165) is 12.1 Å². The molecule has 0 heterocycles. The Morgan fingerprint density at radius 1 is 1.38 bits per heavy atom. The van der Waals surface area contributed by atoms with Crippen LogP contribution in [0.3, 0.4) is 0 Å². The third-order valence-corrected chi connectivity index (χ3v) is 3.45. The predicted molar refractivity (Wildman–Crippen MR) is 51.5 cm³/mol. The molecule has 88 valence electrons. The van der Waals surface area contributed by atoms with Crippen molar-refractivity contribution in [3.8, 4) is 0 Å². The van der Waals surface area contributed by atoms with Crippen molar-refractivity contribution in [2.75, 3.05) is 5.75 Å². The Morgan fingerprint density at radius 3 is 2.50 bits per heavy atom. The first-order valence-corrected chi connectivity index (χ1v) is 5.82. The van der Waals surface area contributed by atoms with Crippen LogP contribution in [0.15, 0.2) is 29.2 Å². The summed E-state index contributed by atoms with van der Waals surface area (Å²) in [7, 11) is -4.13. The molecule has 0 spiro atoms. The van der Waals surface area contributed by atoms with E-state index >= 15 is 0 Å². The van der Waals surface area contributed by atoms with Gasteiger partial charge in [0.1, 0.15) is 5.75 Å². The van der Waals surface area contributed by atoms with Crippen molar-refractivity contribution in [1.29, 1.82) is 0 Å². The van der Waals surface area contributed by atoms with E-state index in [-0.39, 0.29) is 5.56 Å². The summed E-state index contributed by atoms with van der Waals surface area (Å²) in [6.07, 6.45) is -2.99. The van der Waals surface area contributed by atoms with Gasteiger partial charge in [0.05, 0.1) is 10.5 Å². The molecule has 0 aliphatic carbocycles. The molecular formula is C9H8F2O4S. The summed E-state index contributed by atoms with van der Waals surface area (Å²) in [4.78, 5) is 10.1. The Morgan fingerprint density at radius 2 is 2.00 bits per heavy atom. The third kappa shape index (κ3) is 2.99. The van der Waals surface area contributed by atoms with Gasteiger partial charge in [-0.15, -0.1) is 0 Å². The maximum Gasteiger partial charge on any atom is 0.335 e. The summed E-state index contributed by atoms with van der Waals surface area (Å²) >= 11 is 0. The lowest BCUT2D eigenvalue weighted by Gasteiger charge is -2.04. The third-order valence-electron chi connectivity index (χ3n) is 1.79. The van der Waals surface area contributed by atoms with Gasteiger partial charge in [0, 0.05) is 0 Å². The molecule has 0 aromatic heterocycles. The molecule has 1 N–H and O–H groups in total. The van der Waals surface area contributed by atoms with Gasteiger partial charge in [-0.3, -0.25) is 0 Å². The average molecular weight is 250 g/mol. The van der Waals surface area contributed by atoms with Crippen LogP contribution >= 0.6 is 0 Å². The molecule has 0 radical (unpaired) electrons. The molecule has 0 aliphatic heterocycles. The van der Waals surface area contributed by atoms with E-state index in [1.807, 2.05) is 0 Å². The molecule has 0 bridgehead atoms. The number of benzene rings is 1. The van der Waals surface area contributed by atoms with Gasteiger partial charge in [-0.25, -0.2) is 22.0 Å². The highest BCUT2D eigenvalue weighted by molar-refractivity contribution is 7.91. The second-order valence-corrected chi connectivity index (χ2v) is 5.04. The van der Waals surface area contributed by atoms with E-state index in [1.54, 1.807) is 0 Å². The minimum atomic E-state index is -4.13. The number of hydrogen-bond donors (Lipinski definition) is 1. The van der Waals surface area contributed by atoms with Crippen LogP contribution in [0.25, 0.3) is 0 Å². The van der Waals surface area contributed by atoms with Crippen LogP contribution in [-0.2, 0) is 9.84 Å². The lowest BCUT2D eigenvalue weighted by molar-refractivity contribution is 0.0696. The Kier molecular flexibility index (Phi) is 3.58. The quantitative estimate of drug-likeness (QED) is 0.877. The summed E-state index contributed by atoms with van der Waals surface area (Å²) < 4.78 is 46.6. The minimum Gasteiger partial charge on any atom is -0.478 e. The molecule has 16 heavy (non-hydrogen) atoms. The Hall–Kier alpha value is -1.50. The molecule has 0 aliphatic rings. The number of halogens is 2. The van der Waals surface area contributed by atoms with E-state index in [2.05, 4.69) is 0 Å². The molecular weight excluding hydrogens is 242 g/mol. The fraction of sp³-hybridized carbons (Fsp3) is 0.222. The summed E-state index contributed by atoms with van der Waals surface area (Å²) in [6.45, 7) is 0. The van der Waals surface area contributed by atoms with Gasteiger partial charge in [-0.1, -0.05) is 6.07 Å². The molecule has 0 amide bonds. The standard InChI is InChI=1S/C9H8F2O4S/c10-8(11)5-16(14,15)7-3-1-2-6(4-7)9(12)13/h1-4,8H,5H2,(H,12,13). The van der Waals surface area contributed by atoms with Gasteiger partial charge >= 0.3 is 5.97 Å². The lowest BCUT2D eigenvalue weighted by Crippen LogP contribution is -2.14. The van der Waals surface area contributed by atoms with Gasteiger partial charge in [-0.05, 0) is 18.2 Å². The SMILES string of the molecule is O=C(O)c1cccc(S(=O)(=O)CC(F)F)c1. The first kappa shape index (κ1) is 12.6. The number of aromatic carboxylic acids is 1. The van der Waals surface area contributed by atoms with Gasteiger partial charge < -0.3 is 5.11 Å². The number of alkyl halides is 2. The molecule has 1 aromatic carbocycles. The molecule has 0 atom stereocenters. The van der Waals surface area contributed by atoms with Crippen LogP contribution in [0.5, 0.6) is 0 Å². The Labute approximate surface area is 90.4 Å². The van der Waals surface area contributed by atoms with Crippen molar-refractivity contribution in [2.45, 2.75) is 11.3 Å². The van der Waals surface area contributed by atoms with Gasteiger partial charge in [0.2, 0.25) is 0 Å². The first-order chi connectivity index (χ1) is 7.33. The van der Waals surface area contributed by atoms with Gasteiger partial charge in [0.25, 0.3) is 6.43 Å². The van der Waals surface area contributed by atoms with Crippen LogP contribution in [0.4, 0.5) is 8.78 Å². The van der Waals surface area contributed by atoms with Crippen molar-refractivity contribution in [3.63, 3.8) is 0 Å². The van der Waals surface area contributed by atoms with Crippen LogP contribution in [-0.4, -0.2) is 31.7 Å². The van der Waals surface area contributed by atoms with Crippen LogP contribution in [0.2, 0.25) is 0 Å². The van der Waals surface area contributed by atoms with E-state index in [4.69, 9.17) is 5.11 Å². The van der Waals surface area contributed by atoms with Crippen molar-refractivity contribution in [2.24, 2.45) is 0 Å². The molecule has 1 aromatic rings. The molecule has 0 saturated carbocycles. The number of hydrogen-bond acceptors (Lipinski definition) is 3. The zero-order valence-corrected chi connectivity index (χ0v) is 8.75. The minimum absolute atomic E-state index is 0.254. The molecule has 1 rings (SSSR count). The number of sulfone groups is 1. The largest absolute Gasteiger partial charge is 0.478 e. The first-order valence-electron chi connectivity index (χ1n) is 4.17. The Balaban J connectivity index is 3.14.